The van der Waals surface area contributed by atoms with Crippen molar-refractivity contribution in [3.8, 4) is 0 Å². The van der Waals surface area contributed by atoms with Crippen LogP contribution in [0.15, 0.2) is 36.8 Å². The summed E-state index contributed by atoms with van der Waals surface area (Å²) in [6, 6.07) is 8.27. The number of imidazole rings is 1. The predicted octanol–water partition coefficient (Wildman–Crippen LogP) is 3.14. The Labute approximate surface area is 125 Å². The number of aryl methyl sites for hydroxylation is 1. The van der Waals surface area contributed by atoms with Crippen LogP contribution in [0.3, 0.4) is 0 Å². The van der Waals surface area contributed by atoms with Gasteiger partial charge >= 0.3 is 0 Å². The van der Waals surface area contributed by atoms with E-state index in [0.717, 1.165) is 25.1 Å². The SMILES string of the molecule is CCC1(CC)CN(C(=O)c2cn(C)cn2)c2ccccc21. The molecule has 1 aromatic carbocycles. The molecule has 0 N–H and O–H groups in total. The van der Waals surface area contributed by atoms with Crippen molar-refractivity contribution in [3.63, 3.8) is 0 Å². The number of para-hydroxylation sites is 1. The van der Waals surface area contributed by atoms with Crippen molar-refractivity contribution in [2.24, 2.45) is 7.05 Å². The third-order valence-electron chi connectivity index (χ3n) is 4.75. The molecule has 1 amide bonds. The van der Waals surface area contributed by atoms with E-state index in [4.69, 9.17) is 0 Å². The lowest BCUT2D eigenvalue weighted by molar-refractivity contribution is 0.0980. The molecule has 1 aromatic heterocycles. The monoisotopic (exact) mass is 283 g/mol. The first-order chi connectivity index (χ1) is 10.1. The van der Waals surface area contributed by atoms with Gasteiger partial charge in [0.05, 0.1) is 6.33 Å². The molecule has 2 heterocycles. The molecule has 0 bridgehead atoms. The zero-order valence-electron chi connectivity index (χ0n) is 12.8. The van der Waals surface area contributed by atoms with Crippen LogP contribution in [-0.4, -0.2) is 22.0 Å². The molecule has 4 nitrogen and oxygen atoms in total. The molecule has 0 fully saturated rings. The van der Waals surface area contributed by atoms with Crippen molar-refractivity contribution in [1.29, 1.82) is 0 Å². The Balaban J connectivity index is 2.04. The van der Waals surface area contributed by atoms with Crippen LogP contribution >= 0.6 is 0 Å². The fraction of sp³-hybridized carbons (Fsp3) is 0.412. The molecule has 0 saturated heterocycles. The van der Waals surface area contributed by atoms with E-state index >= 15 is 0 Å². The van der Waals surface area contributed by atoms with Gasteiger partial charge in [0.25, 0.3) is 5.91 Å². The minimum Gasteiger partial charge on any atom is -0.340 e. The third kappa shape index (κ3) is 2.06. The van der Waals surface area contributed by atoms with Gasteiger partial charge in [0.2, 0.25) is 0 Å². The minimum atomic E-state index is -0.00757. The standard InChI is InChI=1S/C17H21N3O/c1-4-17(5-2)11-20(15-9-7-6-8-13(15)17)16(21)14-10-19(3)12-18-14/h6-10,12H,4-5,11H2,1-3H3. The number of nitrogens with zero attached hydrogens (tertiary/aromatic N) is 3. The van der Waals surface area contributed by atoms with E-state index < -0.39 is 0 Å². The third-order valence-corrected chi connectivity index (χ3v) is 4.75. The van der Waals surface area contributed by atoms with Gasteiger partial charge in [-0.15, -0.1) is 0 Å². The second kappa shape index (κ2) is 5.02. The van der Waals surface area contributed by atoms with Gasteiger partial charge in [-0.1, -0.05) is 32.0 Å². The van der Waals surface area contributed by atoms with Crippen molar-refractivity contribution in [2.45, 2.75) is 32.1 Å². The Hall–Kier alpha value is -2.10. The lowest BCUT2D eigenvalue weighted by atomic mass is 9.78. The topological polar surface area (TPSA) is 38.1 Å². The van der Waals surface area contributed by atoms with E-state index in [1.54, 1.807) is 12.5 Å². The highest BCUT2D eigenvalue weighted by Crippen LogP contribution is 2.45. The molecule has 110 valence electrons. The molecule has 4 heteroatoms. The van der Waals surface area contributed by atoms with Gasteiger partial charge < -0.3 is 9.47 Å². The van der Waals surface area contributed by atoms with E-state index in [2.05, 4.69) is 31.0 Å². The van der Waals surface area contributed by atoms with Crippen LogP contribution in [0.4, 0.5) is 5.69 Å². The highest BCUT2D eigenvalue weighted by atomic mass is 16.2. The lowest BCUT2D eigenvalue weighted by Gasteiger charge is -2.27. The first-order valence-electron chi connectivity index (χ1n) is 7.50. The first-order valence-corrected chi connectivity index (χ1v) is 7.50. The lowest BCUT2D eigenvalue weighted by Crippen LogP contribution is -2.36. The number of fused-ring (bicyclic) bond motifs is 1. The van der Waals surface area contributed by atoms with Gasteiger partial charge in [-0.3, -0.25) is 4.79 Å². The summed E-state index contributed by atoms with van der Waals surface area (Å²) in [6.07, 6.45) is 5.52. The van der Waals surface area contributed by atoms with Crippen LogP contribution < -0.4 is 4.90 Å². The Morgan fingerprint density at radius 2 is 2.00 bits per heavy atom. The Kier molecular flexibility index (Phi) is 3.32. The number of carbonyl (C=O) groups is 1. The smallest absolute Gasteiger partial charge is 0.278 e. The van der Waals surface area contributed by atoms with Gasteiger partial charge in [0.1, 0.15) is 5.69 Å². The molecule has 1 aliphatic heterocycles. The van der Waals surface area contributed by atoms with E-state index in [1.807, 2.05) is 28.6 Å². The van der Waals surface area contributed by atoms with E-state index in [9.17, 15) is 4.79 Å². The quantitative estimate of drug-likeness (QED) is 0.868. The van der Waals surface area contributed by atoms with Gasteiger partial charge in [0.15, 0.2) is 0 Å². The highest BCUT2D eigenvalue weighted by Gasteiger charge is 2.42. The molecule has 0 spiro atoms. The van der Waals surface area contributed by atoms with E-state index in [1.165, 1.54) is 5.56 Å². The zero-order chi connectivity index (χ0) is 15.0. The Morgan fingerprint density at radius 3 is 2.62 bits per heavy atom. The fourth-order valence-electron chi connectivity index (χ4n) is 3.33. The van der Waals surface area contributed by atoms with Crippen molar-refractivity contribution in [3.05, 3.63) is 48.0 Å². The van der Waals surface area contributed by atoms with Crippen LogP contribution in [0.1, 0.15) is 42.7 Å². The van der Waals surface area contributed by atoms with Crippen molar-refractivity contribution < 1.29 is 4.79 Å². The van der Waals surface area contributed by atoms with Crippen LogP contribution in [0, 0.1) is 0 Å². The summed E-state index contributed by atoms with van der Waals surface area (Å²) < 4.78 is 1.81. The van der Waals surface area contributed by atoms with Crippen molar-refractivity contribution in [1.82, 2.24) is 9.55 Å². The summed E-state index contributed by atoms with van der Waals surface area (Å²) in [5.74, 6) is -0.00757. The Morgan fingerprint density at radius 1 is 1.29 bits per heavy atom. The molecular formula is C17H21N3O. The first kappa shape index (κ1) is 13.9. The molecule has 0 atom stereocenters. The summed E-state index contributed by atoms with van der Waals surface area (Å²) in [5, 5.41) is 0. The summed E-state index contributed by atoms with van der Waals surface area (Å²) >= 11 is 0. The van der Waals surface area contributed by atoms with Crippen molar-refractivity contribution in [2.75, 3.05) is 11.4 Å². The van der Waals surface area contributed by atoms with Gasteiger partial charge in [0, 0.05) is 30.9 Å². The van der Waals surface area contributed by atoms with Gasteiger partial charge in [-0.2, -0.15) is 0 Å². The second-order valence-corrected chi connectivity index (χ2v) is 5.82. The van der Waals surface area contributed by atoms with E-state index in [-0.39, 0.29) is 11.3 Å². The molecule has 1 aliphatic rings. The molecule has 0 aliphatic carbocycles. The fourth-order valence-corrected chi connectivity index (χ4v) is 3.33. The molecule has 21 heavy (non-hydrogen) atoms. The van der Waals surface area contributed by atoms with Crippen molar-refractivity contribution >= 4 is 11.6 Å². The number of hydrogen-bond acceptors (Lipinski definition) is 2. The van der Waals surface area contributed by atoms with Crippen LogP contribution in [0.5, 0.6) is 0 Å². The Bertz CT molecular complexity index is 670. The largest absolute Gasteiger partial charge is 0.340 e. The number of carbonyl (C=O) groups excluding carboxylic acids is 1. The summed E-state index contributed by atoms with van der Waals surface area (Å²) in [7, 11) is 1.88. The number of rotatable bonds is 3. The number of amides is 1. The van der Waals surface area contributed by atoms with Gasteiger partial charge in [-0.25, -0.2) is 4.98 Å². The maximum atomic E-state index is 12.8. The molecule has 2 aromatic rings. The zero-order valence-corrected chi connectivity index (χ0v) is 12.8. The predicted molar refractivity (Wildman–Crippen MR) is 83.6 cm³/mol. The normalized spacial score (nSPS) is 16.0. The average molecular weight is 283 g/mol. The van der Waals surface area contributed by atoms with E-state index in [0.29, 0.717) is 5.69 Å². The maximum Gasteiger partial charge on any atom is 0.278 e. The van der Waals surface area contributed by atoms with Gasteiger partial charge in [-0.05, 0) is 24.5 Å². The van der Waals surface area contributed by atoms with Crippen LogP contribution in [0.25, 0.3) is 0 Å². The summed E-state index contributed by atoms with van der Waals surface area (Å²) in [6.45, 7) is 5.15. The molecular weight excluding hydrogens is 262 g/mol. The molecule has 0 unspecified atom stereocenters. The molecule has 0 radical (unpaired) electrons. The number of hydrogen-bond donors (Lipinski definition) is 0. The number of benzene rings is 1. The number of anilines is 1. The molecule has 0 saturated carbocycles. The molecule has 3 rings (SSSR count). The number of aromatic nitrogens is 2. The maximum absolute atomic E-state index is 12.8. The highest BCUT2D eigenvalue weighted by molar-refractivity contribution is 6.06. The minimum absolute atomic E-state index is 0.00757. The van der Waals surface area contributed by atoms with Crippen LogP contribution in [-0.2, 0) is 12.5 Å². The summed E-state index contributed by atoms with van der Waals surface area (Å²) in [4.78, 5) is 18.9. The second-order valence-electron chi connectivity index (χ2n) is 5.82. The average Bonchev–Trinajstić information content (AvgIpc) is 3.09. The van der Waals surface area contributed by atoms with Crippen LogP contribution in [0.2, 0.25) is 0 Å². The summed E-state index contributed by atoms with van der Waals surface area (Å²) in [5.41, 5.74) is 2.91.